The molecule has 0 bridgehead atoms. The van der Waals surface area contributed by atoms with Crippen LogP contribution in [0, 0.1) is 5.41 Å². The Bertz CT molecular complexity index is 232. The van der Waals surface area contributed by atoms with Crippen LogP contribution in [-0.4, -0.2) is 36.6 Å². The molecule has 0 radical (unpaired) electrons. The average molecular weight is 227 g/mol. The zero-order valence-electron chi connectivity index (χ0n) is 10.8. The molecule has 3 N–H and O–H groups in total. The number of primary amides is 1. The number of hydrogen-bond donors (Lipinski definition) is 2. The Balaban J connectivity index is 2.25. The van der Waals surface area contributed by atoms with Crippen LogP contribution in [-0.2, 0) is 0 Å². The molecule has 16 heavy (non-hydrogen) atoms. The quantitative estimate of drug-likeness (QED) is 0.765. The van der Waals surface area contributed by atoms with Gasteiger partial charge in [0.05, 0.1) is 0 Å². The van der Waals surface area contributed by atoms with Crippen molar-refractivity contribution in [2.75, 3.05) is 19.6 Å². The van der Waals surface area contributed by atoms with Gasteiger partial charge in [0.1, 0.15) is 0 Å². The maximum Gasteiger partial charge on any atom is 0.314 e. The lowest BCUT2D eigenvalue weighted by Gasteiger charge is -2.33. The molecule has 0 aliphatic carbocycles. The second kappa shape index (κ2) is 5.53. The first-order chi connectivity index (χ1) is 7.44. The van der Waals surface area contributed by atoms with Gasteiger partial charge in [-0.3, -0.25) is 0 Å². The number of rotatable bonds is 4. The summed E-state index contributed by atoms with van der Waals surface area (Å²) in [6.45, 7) is 9.40. The molecular formula is C12H25N3O. The monoisotopic (exact) mass is 227 g/mol. The van der Waals surface area contributed by atoms with Gasteiger partial charge in [0.25, 0.3) is 0 Å². The SMILES string of the molecule is CCC(C)(C)CNC1CCN(C(N)=O)CC1. The highest BCUT2D eigenvalue weighted by Crippen LogP contribution is 2.19. The molecule has 1 aliphatic heterocycles. The fraction of sp³-hybridized carbons (Fsp3) is 0.917. The van der Waals surface area contributed by atoms with E-state index >= 15 is 0 Å². The maximum atomic E-state index is 11.0. The lowest BCUT2D eigenvalue weighted by Crippen LogP contribution is -2.48. The van der Waals surface area contributed by atoms with Gasteiger partial charge < -0.3 is 16.0 Å². The van der Waals surface area contributed by atoms with E-state index in [2.05, 4.69) is 26.1 Å². The van der Waals surface area contributed by atoms with Gasteiger partial charge in [-0.1, -0.05) is 20.8 Å². The van der Waals surface area contributed by atoms with Crippen LogP contribution >= 0.6 is 0 Å². The molecule has 0 unspecified atom stereocenters. The summed E-state index contributed by atoms with van der Waals surface area (Å²) >= 11 is 0. The minimum absolute atomic E-state index is 0.285. The molecule has 0 spiro atoms. The number of amides is 2. The molecule has 1 saturated heterocycles. The van der Waals surface area contributed by atoms with Gasteiger partial charge in [-0.25, -0.2) is 4.79 Å². The molecule has 0 saturated carbocycles. The molecule has 2 amide bonds. The standard InChI is InChI=1S/C12H25N3O/c1-4-12(2,3)9-14-10-5-7-15(8-6-10)11(13)16/h10,14H,4-9H2,1-3H3,(H2,13,16). The van der Waals surface area contributed by atoms with Crippen molar-refractivity contribution in [3.05, 3.63) is 0 Å². The topological polar surface area (TPSA) is 58.4 Å². The Kier molecular flexibility index (Phi) is 4.59. The molecule has 0 aromatic heterocycles. The van der Waals surface area contributed by atoms with E-state index in [0.717, 1.165) is 32.5 Å². The molecule has 1 fully saturated rings. The third-order valence-electron chi connectivity index (χ3n) is 3.63. The maximum absolute atomic E-state index is 11.0. The van der Waals surface area contributed by atoms with Gasteiger partial charge in [-0.15, -0.1) is 0 Å². The second-order valence-corrected chi connectivity index (χ2v) is 5.50. The first-order valence-corrected chi connectivity index (χ1v) is 6.22. The smallest absolute Gasteiger partial charge is 0.314 e. The molecular weight excluding hydrogens is 202 g/mol. The number of urea groups is 1. The van der Waals surface area contributed by atoms with Gasteiger partial charge in [0.15, 0.2) is 0 Å². The Morgan fingerprint density at radius 3 is 2.44 bits per heavy atom. The summed E-state index contributed by atoms with van der Waals surface area (Å²) in [4.78, 5) is 12.7. The lowest BCUT2D eigenvalue weighted by molar-refractivity contribution is 0.180. The molecule has 0 aromatic carbocycles. The van der Waals surface area contributed by atoms with Crippen molar-refractivity contribution in [2.45, 2.75) is 46.1 Å². The summed E-state index contributed by atoms with van der Waals surface area (Å²) in [5, 5.41) is 3.59. The minimum Gasteiger partial charge on any atom is -0.351 e. The summed E-state index contributed by atoms with van der Waals surface area (Å²) in [7, 11) is 0. The highest BCUT2D eigenvalue weighted by molar-refractivity contribution is 5.72. The van der Waals surface area contributed by atoms with E-state index in [4.69, 9.17) is 5.73 Å². The van der Waals surface area contributed by atoms with E-state index in [1.165, 1.54) is 6.42 Å². The zero-order chi connectivity index (χ0) is 12.2. The third kappa shape index (κ3) is 4.00. The van der Waals surface area contributed by atoms with Crippen LogP contribution < -0.4 is 11.1 Å². The summed E-state index contributed by atoms with van der Waals surface area (Å²) in [5.74, 6) is 0. The van der Waals surface area contributed by atoms with Crippen LogP contribution in [0.15, 0.2) is 0 Å². The van der Waals surface area contributed by atoms with Gasteiger partial charge in [-0.05, 0) is 24.7 Å². The normalized spacial score (nSPS) is 18.8. The summed E-state index contributed by atoms with van der Waals surface area (Å²) in [6.07, 6.45) is 3.21. The van der Waals surface area contributed by atoms with Crippen LogP contribution in [0.4, 0.5) is 4.79 Å². The molecule has 4 heteroatoms. The molecule has 1 heterocycles. The summed E-state index contributed by atoms with van der Waals surface area (Å²) in [6, 6.07) is 0.258. The van der Waals surface area contributed by atoms with Crippen LogP contribution in [0.3, 0.4) is 0 Å². The van der Waals surface area contributed by atoms with Gasteiger partial charge >= 0.3 is 6.03 Å². The van der Waals surface area contributed by atoms with E-state index < -0.39 is 0 Å². The van der Waals surface area contributed by atoms with E-state index in [0.29, 0.717) is 11.5 Å². The predicted octanol–water partition coefficient (Wildman–Crippen LogP) is 1.56. The predicted molar refractivity (Wildman–Crippen MR) is 66.3 cm³/mol. The van der Waals surface area contributed by atoms with Crippen molar-refractivity contribution >= 4 is 6.03 Å². The first kappa shape index (κ1) is 13.3. The highest BCUT2D eigenvalue weighted by Gasteiger charge is 2.23. The first-order valence-electron chi connectivity index (χ1n) is 6.22. The Morgan fingerprint density at radius 1 is 1.44 bits per heavy atom. The van der Waals surface area contributed by atoms with Crippen molar-refractivity contribution < 1.29 is 4.79 Å². The largest absolute Gasteiger partial charge is 0.351 e. The fourth-order valence-corrected chi connectivity index (χ4v) is 1.85. The van der Waals surface area contributed by atoms with E-state index in [1.54, 1.807) is 4.90 Å². The average Bonchev–Trinajstić information content (AvgIpc) is 2.27. The molecule has 4 nitrogen and oxygen atoms in total. The van der Waals surface area contributed by atoms with Crippen molar-refractivity contribution in [1.29, 1.82) is 0 Å². The number of carbonyl (C=O) groups excluding carboxylic acids is 1. The molecule has 94 valence electrons. The summed E-state index contributed by atoms with van der Waals surface area (Å²) < 4.78 is 0. The van der Waals surface area contributed by atoms with Gasteiger partial charge in [-0.2, -0.15) is 0 Å². The second-order valence-electron chi connectivity index (χ2n) is 5.50. The van der Waals surface area contributed by atoms with Crippen molar-refractivity contribution in [3.8, 4) is 0 Å². The Hall–Kier alpha value is -0.770. The minimum atomic E-state index is -0.285. The molecule has 0 atom stereocenters. The van der Waals surface area contributed by atoms with Gasteiger partial charge in [0.2, 0.25) is 0 Å². The van der Waals surface area contributed by atoms with Gasteiger partial charge in [0, 0.05) is 25.7 Å². The number of nitrogens with two attached hydrogens (primary N) is 1. The van der Waals surface area contributed by atoms with E-state index in [9.17, 15) is 4.79 Å². The Morgan fingerprint density at radius 2 is 2.00 bits per heavy atom. The van der Waals surface area contributed by atoms with E-state index in [-0.39, 0.29) is 6.03 Å². The van der Waals surface area contributed by atoms with Crippen LogP contribution in [0.5, 0.6) is 0 Å². The van der Waals surface area contributed by atoms with Crippen molar-refractivity contribution in [2.24, 2.45) is 11.1 Å². The lowest BCUT2D eigenvalue weighted by atomic mass is 9.89. The van der Waals surface area contributed by atoms with Crippen LogP contribution in [0.2, 0.25) is 0 Å². The zero-order valence-corrected chi connectivity index (χ0v) is 10.8. The molecule has 1 rings (SSSR count). The molecule has 0 aromatic rings. The highest BCUT2D eigenvalue weighted by atomic mass is 16.2. The number of likely N-dealkylation sites (tertiary alicyclic amines) is 1. The summed E-state index contributed by atoms with van der Waals surface area (Å²) in [5.41, 5.74) is 5.61. The molecule has 1 aliphatic rings. The van der Waals surface area contributed by atoms with Crippen molar-refractivity contribution in [1.82, 2.24) is 10.2 Å². The van der Waals surface area contributed by atoms with Crippen molar-refractivity contribution in [3.63, 3.8) is 0 Å². The fourth-order valence-electron chi connectivity index (χ4n) is 1.85. The van der Waals surface area contributed by atoms with Crippen LogP contribution in [0.25, 0.3) is 0 Å². The van der Waals surface area contributed by atoms with Crippen LogP contribution in [0.1, 0.15) is 40.0 Å². The number of piperidine rings is 1. The third-order valence-corrected chi connectivity index (χ3v) is 3.63. The number of hydrogen-bond acceptors (Lipinski definition) is 2. The number of nitrogens with one attached hydrogen (secondary N) is 1. The number of nitrogens with zero attached hydrogens (tertiary/aromatic N) is 1. The Labute approximate surface area is 98.6 Å². The van der Waals surface area contributed by atoms with E-state index in [1.807, 2.05) is 0 Å². The number of carbonyl (C=O) groups is 1.